The Kier molecular flexibility index (Phi) is 7.24. The van der Waals surface area contributed by atoms with Crippen LogP contribution in [-0.2, 0) is 16.0 Å². The van der Waals surface area contributed by atoms with Crippen molar-refractivity contribution in [2.24, 2.45) is 17.3 Å². The van der Waals surface area contributed by atoms with Crippen LogP contribution in [0.2, 0.25) is 0 Å². The van der Waals surface area contributed by atoms with Crippen LogP contribution in [0.5, 0.6) is 5.75 Å². The molecule has 1 aromatic rings. The number of ether oxygens (including phenoxy) is 1. The quantitative estimate of drug-likeness (QED) is 0.265. The number of aliphatic hydroxyl groups excluding tert-OH is 6. The normalized spacial score (nSPS) is 34.7. The third-order valence-corrected chi connectivity index (χ3v) is 8.73. The molecular formula is C25H36O9. The highest BCUT2D eigenvalue weighted by Crippen LogP contribution is 2.61. The molecule has 0 radical (unpaired) electrons. The van der Waals surface area contributed by atoms with Gasteiger partial charge in [0.15, 0.2) is 6.10 Å². The van der Waals surface area contributed by atoms with Gasteiger partial charge in [-0.25, -0.2) is 4.79 Å². The first kappa shape index (κ1) is 25.3. The van der Waals surface area contributed by atoms with Crippen molar-refractivity contribution < 1.29 is 45.3 Å². The van der Waals surface area contributed by atoms with Crippen molar-refractivity contribution in [3.8, 4) is 5.75 Å². The van der Waals surface area contributed by atoms with E-state index in [1.165, 1.54) is 11.1 Å². The summed E-state index contributed by atoms with van der Waals surface area (Å²) in [5, 5.41) is 68.3. The minimum absolute atomic E-state index is 0.277. The Morgan fingerprint density at radius 1 is 1.06 bits per heavy atom. The Bertz CT molecular complexity index is 891. The van der Waals surface area contributed by atoms with E-state index in [0.717, 1.165) is 32.1 Å². The monoisotopic (exact) mass is 480 g/mol. The summed E-state index contributed by atoms with van der Waals surface area (Å²) in [5.41, 5.74) is 2.23. The van der Waals surface area contributed by atoms with Gasteiger partial charge in [-0.15, -0.1) is 0 Å². The van der Waals surface area contributed by atoms with Gasteiger partial charge in [-0.2, -0.15) is 0 Å². The predicted molar refractivity (Wildman–Crippen MR) is 120 cm³/mol. The third-order valence-electron chi connectivity index (χ3n) is 8.73. The molecule has 1 aromatic carbocycles. The molecule has 0 spiro atoms. The molecule has 3 aliphatic carbocycles. The average molecular weight is 481 g/mol. The van der Waals surface area contributed by atoms with E-state index in [1.54, 1.807) is 6.07 Å². The highest BCUT2D eigenvalue weighted by atomic mass is 16.6. The van der Waals surface area contributed by atoms with Gasteiger partial charge in [-0.3, -0.25) is 0 Å². The van der Waals surface area contributed by atoms with Crippen molar-refractivity contribution >= 4 is 5.97 Å². The number of rotatable bonds is 7. The molecule has 2 fully saturated rings. The Labute approximate surface area is 198 Å². The molecule has 9 nitrogen and oxygen atoms in total. The van der Waals surface area contributed by atoms with E-state index in [1.807, 2.05) is 12.1 Å². The van der Waals surface area contributed by atoms with Crippen molar-refractivity contribution in [2.45, 2.75) is 88.0 Å². The van der Waals surface area contributed by atoms with E-state index in [0.29, 0.717) is 24.2 Å². The number of aromatic hydroxyl groups is 1. The van der Waals surface area contributed by atoms with Crippen molar-refractivity contribution in [1.82, 2.24) is 0 Å². The van der Waals surface area contributed by atoms with Gasteiger partial charge in [-0.05, 0) is 79.5 Å². The number of fused-ring (bicyclic) bond motifs is 5. The minimum atomic E-state index is -2.11. The van der Waals surface area contributed by atoms with Crippen LogP contribution in [0, 0.1) is 17.3 Å². The van der Waals surface area contributed by atoms with E-state index >= 15 is 0 Å². The van der Waals surface area contributed by atoms with Crippen LogP contribution in [0.4, 0.5) is 0 Å². The number of aliphatic hydroxyl groups is 6. The molecule has 0 aromatic heterocycles. The highest BCUT2D eigenvalue weighted by molar-refractivity contribution is 5.75. The predicted octanol–water partition coefficient (Wildman–Crippen LogP) is -0.0431. The molecule has 10 atom stereocenters. The second-order valence-corrected chi connectivity index (χ2v) is 10.5. The van der Waals surface area contributed by atoms with Gasteiger partial charge in [0.2, 0.25) is 0 Å². The van der Waals surface area contributed by atoms with Crippen LogP contribution in [0.1, 0.15) is 56.1 Å². The van der Waals surface area contributed by atoms with Crippen molar-refractivity contribution in [3.05, 3.63) is 29.3 Å². The largest absolute Gasteiger partial charge is 0.508 e. The Hall–Kier alpha value is -1.75. The molecule has 34 heavy (non-hydrogen) atoms. The Balaban J connectivity index is 1.43. The number of carbonyl (C=O) groups excluding carboxylic acids is 1. The average Bonchev–Trinajstić information content (AvgIpc) is 3.17. The number of hydrogen-bond donors (Lipinski definition) is 7. The summed E-state index contributed by atoms with van der Waals surface area (Å²) >= 11 is 0. The van der Waals surface area contributed by atoms with Gasteiger partial charge in [-0.1, -0.05) is 13.0 Å². The summed E-state index contributed by atoms with van der Waals surface area (Å²) in [4.78, 5) is 12.6. The lowest BCUT2D eigenvalue weighted by atomic mass is 9.55. The molecular weight excluding hydrogens is 444 g/mol. The summed E-state index contributed by atoms with van der Waals surface area (Å²) in [6, 6.07) is 5.63. The van der Waals surface area contributed by atoms with Gasteiger partial charge >= 0.3 is 5.97 Å². The summed E-state index contributed by atoms with van der Waals surface area (Å²) < 4.78 is 5.66. The van der Waals surface area contributed by atoms with Gasteiger partial charge in [0, 0.05) is 5.41 Å². The third kappa shape index (κ3) is 4.34. The van der Waals surface area contributed by atoms with Crippen LogP contribution in [0.15, 0.2) is 18.2 Å². The number of hydrogen-bond acceptors (Lipinski definition) is 9. The maximum absolute atomic E-state index is 12.6. The summed E-state index contributed by atoms with van der Waals surface area (Å²) in [7, 11) is 0. The number of carbonyl (C=O) groups is 1. The fraction of sp³-hybridized carbons (Fsp3) is 0.720. The first-order valence-corrected chi connectivity index (χ1v) is 12.1. The van der Waals surface area contributed by atoms with Crippen molar-refractivity contribution in [2.75, 3.05) is 6.61 Å². The fourth-order valence-corrected chi connectivity index (χ4v) is 6.79. The molecule has 0 saturated heterocycles. The van der Waals surface area contributed by atoms with E-state index in [2.05, 4.69) is 6.92 Å². The van der Waals surface area contributed by atoms with Crippen LogP contribution in [-0.4, -0.2) is 84.9 Å². The molecule has 190 valence electrons. The minimum Gasteiger partial charge on any atom is -0.508 e. The molecule has 0 aliphatic heterocycles. The number of phenols is 1. The van der Waals surface area contributed by atoms with Crippen LogP contribution >= 0.6 is 0 Å². The maximum Gasteiger partial charge on any atom is 0.338 e. The molecule has 0 bridgehead atoms. The van der Waals surface area contributed by atoms with E-state index in [4.69, 9.17) is 9.84 Å². The molecule has 0 heterocycles. The van der Waals surface area contributed by atoms with Gasteiger partial charge in [0.05, 0.1) is 6.61 Å². The lowest BCUT2D eigenvalue weighted by molar-refractivity contribution is -0.185. The standard InChI is InChI=1S/C25H36O9/c1-25-9-8-15-14-5-3-13(27)10-12(14)2-4-16(15)17(25)6-7-19(25)34-24(33)23(32)22(31)21(30)20(29)18(28)11-26/h3,5,10,15-23,26-32H,2,4,6-9,11H2,1H3/t15-,16-,17+,18?,19+,20?,21?,22?,23?,25+/m1/s1. The van der Waals surface area contributed by atoms with E-state index in [-0.39, 0.29) is 11.2 Å². The Morgan fingerprint density at radius 3 is 2.50 bits per heavy atom. The van der Waals surface area contributed by atoms with Crippen molar-refractivity contribution in [1.29, 1.82) is 0 Å². The zero-order chi connectivity index (χ0) is 24.8. The maximum atomic E-state index is 12.6. The van der Waals surface area contributed by atoms with Gasteiger partial charge in [0.25, 0.3) is 0 Å². The summed E-state index contributed by atoms with van der Waals surface area (Å²) in [6.45, 7) is 1.26. The Morgan fingerprint density at radius 2 is 1.79 bits per heavy atom. The number of aryl methyl sites for hydroxylation is 1. The molecule has 0 amide bonds. The second-order valence-electron chi connectivity index (χ2n) is 10.5. The van der Waals surface area contributed by atoms with E-state index in [9.17, 15) is 35.4 Å². The smallest absolute Gasteiger partial charge is 0.338 e. The first-order chi connectivity index (χ1) is 16.1. The zero-order valence-corrected chi connectivity index (χ0v) is 19.3. The molecule has 2 saturated carbocycles. The second kappa shape index (κ2) is 9.72. The molecule has 9 heteroatoms. The van der Waals surface area contributed by atoms with Gasteiger partial charge < -0.3 is 40.5 Å². The topological polar surface area (TPSA) is 168 Å². The van der Waals surface area contributed by atoms with Gasteiger partial charge in [0.1, 0.15) is 36.3 Å². The van der Waals surface area contributed by atoms with Crippen LogP contribution < -0.4 is 0 Å². The highest BCUT2D eigenvalue weighted by Gasteiger charge is 2.56. The summed E-state index contributed by atoms with van der Waals surface area (Å²) in [5.74, 6) is 0.372. The molecule has 7 N–H and O–H groups in total. The molecule has 3 aliphatic rings. The van der Waals surface area contributed by atoms with Crippen LogP contribution in [0.3, 0.4) is 0 Å². The van der Waals surface area contributed by atoms with Crippen molar-refractivity contribution in [3.63, 3.8) is 0 Å². The molecule has 5 unspecified atom stereocenters. The lowest BCUT2D eigenvalue weighted by Crippen LogP contribution is -2.53. The van der Waals surface area contributed by atoms with E-state index < -0.39 is 49.2 Å². The van der Waals surface area contributed by atoms with Crippen LogP contribution in [0.25, 0.3) is 0 Å². The zero-order valence-electron chi connectivity index (χ0n) is 19.3. The fourth-order valence-electron chi connectivity index (χ4n) is 6.79. The number of esters is 1. The SMILES string of the molecule is C[C@]12CC[C@@H]3c4ccc(O)cc4CC[C@H]3[C@@H]1CC[C@@H]2OC(=O)C(O)C(O)C(O)C(O)C(O)CO. The first-order valence-electron chi connectivity index (χ1n) is 12.1. The number of benzene rings is 1. The summed E-state index contributed by atoms with van der Waals surface area (Å²) in [6.07, 6.45) is -5.19. The molecule has 4 rings (SSSR count). The number of phenolic OH excluding ortho intramolecular Hbond substituents is 1. The lowest BCUT2D eigenvalue weighted by Gasteiger charge is -2.50.